The number of nitrogens with zero attached hydrogens (tertiary/aromatic N) is 4. The molecule has 380 valence electrons. The molecule has 0 fully saturated rings. The van der Waals surface area contributed by atoms with E-state index in [0.717, 1.165) is 137 Å². The second kappa shape index (κ2) is 20.7. The smallest absolute Gasteiger partial charge is 0.150 e. The average Bonchev–Trinajstić information content (AvgIpc) is 4.35. The first-order valence-corrected chi connectivity index (χ1v) is 25.8. The standard InChI is InChI=1S/C48H30N4O4.C20H14N4/c53-25-29-1-9-33(10-2-29)45-37-17-19-39(49-37)46(34-11-3-30(26-54)4-12-34)41-21-23-43(51-41)48(36-15-7-32(28-56)8-16-36)44-24-22-42(52-44)47(40-20-18-38(45)50-40)35-13-5-31(27-55)6-14-35;1-2-14-10-16-5-6-18(23-16)12-20-8-7-19(24-20)11-17-4-3-15(22-17)9-13(1)21-14/h1-28,49,52H;1-12,21,24H. The summed E-state index contributed by atoms with van der Waals surface area (Å²) in [5.41, 5.74) is 22.9. The minimum absolute atomic E-state index is 0.561. The van der Waals surface area contributed by atoms with Crippen LogP contribution in [0.15, 0.2) is 170 Å². The van der Waals surface area contributed by atoms with E-state index >= 15 is 0 Å². The summed E-state index contributed by atoms with van der Waals surface area (Å²) in [4.78, 5) is 80.4. The van der Waals surface area contributed by atoms with Crippen LogP contribution in [-0.4, -0.2) is 65.0 Å². The molecule has 0 saturated heterocycles. The topological polar surface area (TPSA) is 183 Å². The molecular weight excluding hydrogens is 993 g/mol. The largest absolute Gasteiger partial charge is 0.355 e. The quantitative estimate of drug-likeness (QED) is 0.108. The second-order valence-corrected chi connectivity index (χ2v) is 19.4. The van der Waals surface area contributed by atoms with E-state index in [-0.39, 0.29) is 0 Å². The van der Waals surface area contributed by atoms with Crippen LogP contribution in [0.2, 0.25) is 0 Å². The molecule has 0 radical (unpaired) electrons. The van der Waals surface area contributed by atoms with Gasteiger partial charge >= 0.3 is 0 Å². The van der Waals surface area contributed by atoms with Gasteiger partial charge < -0.3 is 19.9 Å². The lowest BCUT2D eigenvalue weighted by molar-refractivity contribution is 0.111. The number of aromatic amines is 4. The van der Waals surface area contributed by atoms with E-state index in [9.17, 15) is 19.2 Å². The van der Waals surface area contributed by atoms with Gasteiger partial charge in [0.15, 0.2) is 0 Å². The fourth-order valence-electron chi connectivity index (χ4n) is 10.3. The van der Waals surface area contributed by atoms with Crippen molar-refractivity contribution in [2.45, 2.75) is 0 Å². The molecule has 0 aliphatic carbocycles. The zero-order valence-electron chi connectivity index (χ0n) is 42.5. The monoisotopic (exact) mass is 1040 g/mol. The molecule has 4 N–H and O–H groups in total. The van der Waals surface area contributed by atoms with E-state index in [0.29, 0.717) is 45.0 Å². The molecule has 4 aliphatic rings. The first-order chi connectivity index (χ1) is 39.3. The van der Waals surface area contributed by atoms with Crippen LogP contribution in [0, 0.1) is 0 Å². The first-order valence-electron chi connectivity index (χ1n) is 25.8. The number of hydrogen-bond acceptors (Lipinski definition) is 8. The Morgan fingerprint density at radius 3 is 0.713 bits per heavy atom. The van der Waals surface area contributed by atoms with Gasteiger partial charge in [-0.3, -0.25) is 19.2 Å². The highest BCUT2D eigenvalue weighted by Gasteiger charge is 2.19. The van der Waals surface area contributed by atoms with Crippen LogP contribution in [0.5, 0.6) is 0 Å². The lowest BCUT2D eigenvalue weighted by atomic mass is 10.0. The van der Waals surface area contributed by atoms with Crippen molar-refractivity contribution >= 4 is 118 Å². The number of nitrogens with one attached hydrogen (secondary N) is 4. The maximum Gasteiger partial charge on any atom is 0.150 e. The van der Waals surface area contributed by atoms with Gasteiger partial charge in [0.05, 0.1) is 45.6 Å². The number of fused-ring (bicyclic) bond motifs is 16. The van der Waals surface area contributed by atoms with E-state index < -0.39 is 0 Å². The second-order valence-electron chi connectivity index (χ2n) is 19.4. The summed E-state index contributed by atoms with van der Waals surface area (Å²) >= 11 is 0. The normalized spacial score (nSPS) is 12.0. The van der Waals surface area contributed by atoms with Crippen molar-refractivity contribution in [1.29, 1.82) is 0 Å². The zero-order chi connectivity index (χ0) is 54.1. The minimum atomic E-state index is 0.561. The zero-order valence-corrected chi connectivity index (χ0v) is 42.5. The molecule has 14 rings (SSSR count). The van der Waals surface area contributed by atoms with Gasteiger partial charge in [-0.05, 0) is 144 Å². The molecule has 10 heterocycles. The predicted molar refractivity (Wildman–Crippen MR) is 321 cm³/mol. The van der Waals surface area contributed by atoms with Crippen LogP contribution >= 0.6 is 0 Å². The van der Waals surface area contributed by atoms with Crippen molar-refractivity contribution in [3.63, 3.8) is 0 Å². The highest BCUT2D eigenvalue weighted by molar-refractivity contribution is 6.00. The molecule has 0 amide bonds. The number of carbonyl (C=O) groups is 4. The Labute approximate surface area is 457 Å². The fraction of sp³-hybridized carbons (Fsp3) is 0. The van der Waals surface area contributed by atoms with Crippen LogP contribution in [0.4, 0.5) is 0 Å². The van der Waals surface area contributed by atoms with Gasteiger partial charge in [0.1, 0.15) is 25.1 Å². The molecule has 0 spiro atoms. The van der Waals surface area contributed by atoms with E-state index in [1.807, 2.05) is 146 Å². The van der Waals surface area contributed by atoms with Crippen molar-refractivity contribution in [1.82, 2.24) is 39.9 Å². The lowest BCUT2D eigenvalue weighted by Crippen LogP contribution is -1.90. The molecule has 12 heteroatoms. The molecule has 4 aromatic carbocycles. The Morgan fingerprint density at radius 2 is 0.487 bits per heavy atom. The summed E-state index contributed by atoms with van der Waals surface area (Å²) in [5.74, 6) is 0. The molecular formula is C68H44N8O4. The molecule has 4 aliphatic heterocycles. The van der Waals surface area contributed by atoms with Gasteiger partial charge in [-0.25, -0.2) is 19.9 Å². The molecule has 0 unspecified atom stereocenters. The third-order valence-corrected chi connectivity index (χ3v) is 14.1. The Morgan fingerprint density at radius 1 is 0.250 bits per heavy atom. The van der Waals surface area contributed by atoms with Gasteiger partial charge in [0.25, 0.3) is 0 Å². The van der Waals surface area contributed by atoms with Crippen molar-refractivity contribution in [2.24, 2.45) is 0 Å². The third kappa shape index (κ3) is 9.67. The number of rotatable bonds is 8. The molecule has 0 saturated carbocycles. The number of hydrogen-bond donors (Lipinski definition) is 4. The number of aromatic nitrogens is 8. The molecule has 10 aromatic rings. The van der Waals surface area contributed by atoms with Gasteiger partial charge in [0.2, 0.25) is 0 Å². The Balaban J connectivity index is 0.000000208. The SMILES string of the molecule is C1=Cc2cc3ccc(cc4nc(cc5ccc(cc1n2)[nH]5)C=C4)[nH]3.O=Cc1ccc(-c2c3nc(c(-c4ccc(C=O)cc4)c4ccc([nH]4)c(-c4ccc(C=O)cc4)c4nc(c(-c5ccc(C=O)cc5)c5ccc2[nH]5)C=C4)C=C3)cc1. The van der Waals surface area contributed by atoms with Gasteiger partial charge in [-0.2, -0.15) is 0 Å². The average molecular weight is 1040 g/mol. The van der Waals surface area contributed by atoms with E-state index in [4.69, 9.17) is 9.97 Å². The number of H-pyrrole nitrogens is 4. The van der Waals surface area contributed by atoms with Crippen molar-refractivity contribution < 1.29 is 19.2 Å². The van der Waals surface area contributed by atoms with Crippen LogP contribution < -0.4 is 0 Å². The summed E-state index contributed by atoms with van der Waals surface area (Å²) < 4.78 is 0. The summed E-state index contributed by atoms with van der Waals surface area (Å²) in [6.45, 7) is 0. The van der Waals surface area contributed by atoms with E-state index in [2.05, 4.69) is 54.2 Å². The fourth-order valence-corrected chi connectivity index (χ4v) is 10.3. The summed E-state index contributed by atoms with van der Waals surface area (Å²) in [6, 6.07) is 54.1. The number of benzene rings is 4. The van der Waals surface area contributed by atoms with E-state index in [1.165, 1.54) is 0 Å². The minimum Gasteiger partial charge on any atom is -0.355 e. The van der Waals surface area contributed by atoms with Crippen molar-refractivity contribution in [2.75, 3.05) is 0 Å². The Hall–Kier alpha value is -11.2. The first kappa shape index (κ1) is 48.4. The molecule has 80 heavy (non-hydrogen) atoms. The van der Waals surface area contributed by atoms with Gasteiger partial charge in [-0.15, -0.1) is 0 Å². The summed E-state index contributed by atoms with van der Waals surface area (Å²) in [7, 11) is 0. The maximum absolute atomic E-state index is 11.6. The van der Waals surface area contributed by atoms with Crippen LogP contribution in [-0.2, 0) is 0 Å². The van der Waals surface area contributed by atoms with Gasteiger partial charge in [0, 0.05) is 88.6 Å². The van der Waals surface area contributed by atoms with Crippen LogP contribution in [0.1, 0.15) is 87.0 Å². The lowest BCUT2D eigenvalue weighted by Gasteiger charge is -2.07. The predicted octanol–water partition coefficient (Wildman–Crippen LogP) is 15.2. The molecule has 0 atom stereocenters. The highest BCUT2D eigenvalue weighted by atomic mass is 16.1. The van der Waals surface area contributed by atoms with Crippen LogP contribution in [0.25, 0.3) is 137 Å². The molecule has 6 aromatic heterocycles. The maximum atomic E-state index is 11.6. The van der Waals surface area contributed by atoms with Crippen LogP contribution in [0.3, 0.4) is 0 Å². The van der Waals surface area contributed by atoms with Gasteiger partial charge in [-0.1, -0.05) is 97.1 Å². The van der Waals surface area contributed by atoms with Crippen molar-refractivity contribution in [3.8, 4) is 44.5 Å². The Bertz CT molecular complexity index is 4070. The third-order valence-electron chi connectivity index (χ3n) is 14.1. The number of carbonyl (C=O) groups excluding carboxylic acids is 4. The Kier molecular flexibility index (Phi) is 12.5. The van der Waals surface area contributed by atoms with E-state index in [1.54, 1.807) is 48.5 Å². The summed E-state index contributed by atoms with van der Waals surface area (Å²) in [5, 5.41) is 0. The number of aldehydes is 4. The van der Waals surface area contributed by atoms with Crippen molar-refractivity contribution in [3.05, 3.63) is 238 Å². The molecule has 12 nitrogen and oxygen atoms in total. The summed E-state index contributed by atoms with van der Waals surface area (Å²) in [6.07, 6.45) is 19.3. The highest BCUT2D eigenvalue weighted by Crippen LogP contribution is 2.39. The molecule has 16 bridgehead atoms.